The number of amides is 1. The summed E-state index contributed by atoms with van der Waals surface area (Å²) in [4.78, 5) is 12.0. The summed E-state index contributed by atoms with van der Waals surface area (Å²) in [5, 5.41) is 2.95. The van der Waals surface area contributed by atoms with E-state index in [1.54, 1.807) is 0 Å². The molecule has 1 N–H and O–H groups in total. The topological polar surface area (TPSA) is 38.3 Å². The van der Waals surface area contributed by atoms with Gasteiger partial charge in [-0.1, -0.05) is 31.7 Å². The maximum atomic E-state index is 12.0. The summed E-state index contributed by atoms with van der Waals surface area (Å²) >= 11 is 0. The first-order chi connectivity index (χ1) is 8.72. The first-order valence-corrected chi connectivity index (χ1v) is 6.80. The number of nitrogens with one attached hydrogen (secondary N) is 1. The van der Waals surface area contributed by atoms with Gasteiger partial charge in [0.25, 0.3) is 5.91 Å². The van der Waals surface area contributed by atoms with E-state index in [2.05, 4.69) is 5.32 Å². The Hall–Kier alpha value is -1.51. The van der Waals surface area contributed by atoms with E-state index in [4.69, 9.17) is 4.74 Å². The van der Waals surface area contributed by atoms with Gasteiger partial charge in [0.1, 0.15) is 5.75 Å². The van der Waals surface area contributed by atoms with Gasteiger partial charge < -0.3 is 10.1 Å². The second-order valence-electron chi connectivity index (χ2n) is 5.48. The molecule has 1 amide bonds. The van der Waals surface area contributed by atoms with Crippen LogP contribution < -0.4 is 10.1 Å². The second kappa shape index (κ2) is 4.63. The lowest BCUT2D eigenvalue weighted by atomic mass is 9.98. The van der Waals surface area contributed by atoms with Crippen LogP contribution in [0.2, 0.25) is 0 Å². The molecule has 0 aromatic heterocycles. The van der Waals surface area contributed by atoms with E-state index in [0.717, 1.165) is 23.4 Å². The maximum Gasteiger partial charge on any atom is 0.265 e. The first kappa shape index (κ1) is 11.6. The minimum absolute atomic E-state index is 0.0123. The van der Waals surface area contributed by atoms with Gasteiger partial charge in [-0.15, -0.1) is 0 Å². The molecule has 3 heteroatoms. The van der Waals surface area contributed by atoms with Crippen molar-refractivity contribution in [3.63, 3.8) is 0 Å². The molecule has 1 aliphatic heterocycles. The number of aryl methyl sites for hydroxylation is 1. The number of carbonyl (C=O) groups excluding carboxylic acids is 1. The largest absolute Gasteiger partial charge is 0.478 e. The van der Waals surface area contributed by atoms with Crippen molar-refractivity contribution in [2.45, 2.75) is 45.1 Å². The summed E-state index contributed by atoms with van der Waals surface area (Å²) in [7, 11) is 0. The van der Waals surface area contributed by atoms with Crippen LogP contribution in [0.15, 0.2) is 18.2 Å². The molecule has 1 aromatic carbocycles. The molecule has 96 valence electrons. The predicted octanol–water partition coefficient (Wildman–Crippen LogP) is 3.27. The fraction of sp³-hybridized carbons (Fsp3) is 0.533. The quantitative estimate of drug-likeness (QED) is 0.868. The molecule has 1 atom stereocenters. The van der Waals surface area contributed by atoms with E-state index in [1.165, 1.54) is 25.7 Å². The summed E-state index contributed by atoms with van der Waals surface area (Å²) < 4.78 is 5.87. The number of ether oxygens (including phenoxy) is 1. The van der Waals surface area contributed by atoms with Crippen LogP contribution in [0.4, 0.5) is 5.69 Å². The third kappa shape index (κ3) is 2.22. The molecule has 0 bridgehead atoms. The van der Waals surface area contributed by atoms with Gasteiger partial charge in [-0.2, -0.15) is 0 Å². The van der Waals surface area contributed by atoms with Crippen LogP contribution in [-0.2, 0) is 4.79 Å². The molecule has 18 heavy (non-hydrogen) atoms. The van der Waals surface area contributed by atoms with Crippen molar-refractivity contribution < 1.29 is 9.53 Å². The van der Waals surface area contributed by atoms with Crippen molar-refractivity contribution in [1.82, 2.24) is 0 Å². The molecule has 1 heterocycles. The summed E-state index contributed by atoms with van der Waals surface area (Å²) in [6.07, 6.45) is 5.65. The average Bonchev–Trinajstić information content (AvgIpc) is 2.83. The zero-order chi connectivity index (χ0) is 12.5. The van der Waals surface area contributed by atoms with E-state index in [-0.39, 0.29) is 12.0 Å². The normalized spacial score (nSPS) is 23.4. The third-order valence-electron chi connectivity index (χ3n) is 3.98. The highest BCUT2D eigenvalue weighted by Gasteiger charge is 2.30. The molecule has 1 aliphatic carbocycles. The van der Waals surface area contributed by atoms with Crippen LogP contribution in [0.5, 0.6) is 5.75 Å². The minimum Gasteiger partial charge on any atom is -0.478 e. The molecule has 1 saturated carbocycles. The zero-order valence-corrected chi connectivity index (χ0v) is 10.7. The van der Waals surface area contributed by atoms with Crippen LogP contribution in [0.3, 0.4) is 0 Å². The van der Waals surface area contributed by atoms with E-state index < -0.39 is 0 Å². The van der Waals surface area contributed by atoms with E-state index in [1.807, 2.05) is 25.1 Å². The van der Waals surface area contributed by atoms with Gasteiger partial charge in [0.15, 0.2) is 6.10 Å². The van der Waals surface area contributed by atoms with Crippen LogP contribution in [-0.4, -0.2) is 12.0 Å². The smallest absolute Gasteiger partial charge is 0.265 e. The Morgan fingerprint density at radius 3 is 2.89 bits per heavy atom. The van der Waals surface area contributed by atoms with Crippen LogP contribution in [0, 0.1) is 12.8 Å². The van der Waals surface area contributed by atoms with E-state index >= 15 is 0 Å². The molecule has 0 unspecified atom stereocenters. The summed E-state index contributed by atoms with van der Waals surface area (Å²) in [6.45, 7) is 2.03. The minimum atomic E-state index is -0.303. The lowest BCUT2D eigenvalue weighted by molar-refractivity contribution is -0.124. The number of carbonyl (C=O) groups is 1. The standard InChI is InChI=1S/C15H19NO2/c1-10-6-7-12-13(8-10)18-14(15(17)16-12)9-11-4-2-3-5-11/h6-8,11,14H,2-5,9H2,1H3,(H,16,17)/t14-/m1/s1. The Bertz CT molecular complexity index is 464. The van der Waals surface area contributed by atoms with Gasteiger partial charge in [-0.05, 0) is 37.0 Å². The number of fused-ring (bicyclic) bond motifs is 1. The predicted molar refractivity (Wildman–Crippen MR) is 70.8 cm³/mol. The molecule has 1 fully saturated rings. The van der Waals surface area contributed by atoms with Crippen LogP contribution in [0.1, 0.15) is 37.7 Å². The highest BCUT2D eigenvalue weighted by atomic mass is 16.5. The number of hydrogen-bond donors (Lipinski definition) is 1. The third-order valence-corrected chi connectivity index (χ3v) is 3.98. The van der Waals surface area contributed by atoms with Crippen molar-refractivity contribution in [3.05, 3.63) is 23.8 Å². The Labute approximate surface area is 108 Å². The summed E-state index contributed by atoms with van der Waals surface area (Å²) in [6, 6.07) is 5.89. The molecular formula is C15H19NO2. The Morgan fingerprint density at radius 1 is 1.33 bits per heavy atom. The fourth-order valence-electron chi connectivity index (χ4n) is 2.95. The molecule has 2 aliphatic rings. The van der Waals surface area contributed by atoms with Gasteiger partial charge in [0, 0.05) is 0 Å². The number of hydrogen-bond acceptors (Lipinski definition) is 2. The number of rotatable bonds is 2. The molecule has 0 spiro atoms. The Morgan fingerprint density at radius 2 is 2.11 bits per heavy atom. The van der Waals surface area contributed by atoms with Crippen LogP contribution >= 0.6 is 0 Å². The Kier molecular flexibility index (Phi) is 2.98. The molecule has 0 radical (unpaired) electrons. The zero-order valence-electron chi connectivity index (χ0n) is 10.7. The van der Waals surface area contributed by atoms with Gasteiger partial charge in [-0.25, -0.2) is 0 Å². The van der Waals surface area contributed by atoms with Crippen LogP contribution in [0.25, 0.3) is 0 Å². The van der Waals surface area contributed by atoms with Crippen molar-refractivity contribution in [1.29, 1.82) is 0 Å². The summed E-state index contributed by atoms with van der Waals surface area (Å²) in [5.74, 6) is 1.49. The first-order valence-electron chi connectivity index (χ1n) is 6.80. The van der Waals surface area contributed by atoms with Crippen molar-refractivity contribution in [2.24, 2.45) is 5.92 Å². The number of anilines is 1. The molecular weight excluding hydrogens is 226 g/mol. The van der Waals surface area contributed by atoms with Crippen molar-refractivity contribution in [2.75, 3.05) is 5.32 Å². The summed E-state index contributed by atoms with van der Waals surface area (Å²) in [5.41, 5.74) is 1.96. The van der Waals surface area contributed by atoms with E-state index in [9.17, 15) is 4.79 Å². The molecule has 0 saturated heterocycles. The molecule has 3 rings (SSSR count). The lowest BCUT2D eigenvalue weighted by Gasteiger charge is -2.27. The van der Waals surface area contributed by atoms with Crippen molar-refractivity contribution >= 4 is 11.6 Å². The Balaban J connectivity index is 1.75. The van der Waals surface area contributed by atoms with E-state index in [0.29, 0.717) is 5.92 Å². The molecule has 3 nitrogen and oxygen atoms in total. The molecule has 1 aromatic rings. The van der Waals surface area contributed by atoms with Gasteiger partial charge in [0.2, 0.25) is 0 Å². The monoisotopic (exact) mass is 245 g/mol. The average molecular weight is 245 g/mol. The SMILES string of the molecule is Cc1ccc2c(c1)O[C@H](CC1CCCC1)C(=O)N2. The highest BCUT2D eigenvalue weighted by molar-refractivity contribution is 5.97. The second-order valence-corrected chi connectivity index (χ2v) is 5.48. The van der Waals surface area contributed by atoms with Gasteiger partial charge in [0.05, 0.1) is 5.69 Å². The lowest BCUT2D eigenvalue weighted by Crippen LogP contribution is -2.38. The number of benzene rings is 1. The highest BCUT2D eigenvalue weighted by Crippen LogP contribution is 2.35. The fourth-order valence-corrected chi connectivity index (χ4v) is 2.95. The van der Waals surface area contributed by atoms with Gasteiger partial charge in [-0.3, -0.25) is 4.79 Å². The van der Waals surface area contributed by atoms with Crippen molar-refractivity contribution in [3.8, 4) is 5.75 Å². The maximum absolute atomic E-state index is 12.0. The van der Waals surface area contributed by atoms with Gasteiger partial charge >= 0.3 is 0 Å².